The Balaban J connectivity index is 2.46. The maximum atomic E-state index is 7.91. The maximum Gasteiger partial charge on any atom is 0.187 e. The van der Waals surface area contributed by atoms with Crippen molar-refractivity contribution in [2.75, 3.05) is 0 Å². The van der Waals surface area contributed by atoms with Crippen LogP contribution in [0.1, 0.15) is 12.1 Å². The van der Waals surface area contributed by atoms with E-state index in [4.69, 9.17) is 16.0 Å². The molecule has 0 spiro atoms. The number of rotatable bonds is 5. The zero-order valence-electron chi connectivity index (χ0n) is 11.4. The highest BCUT2D eigenvalue weighted by Crippen LogP contribution is 2.26. The summed E-state index contributed by atoms with van der Waals surface area (Å²) >= 11 is 0. The Morgan fingerprint density at radius 2 is 2.38 bits per heavy atom. The van der Waals surface area contributed by atoms with E-state index in [2.05, 4.69) is 21.8 Å². The van der Waals surface area contributed by atoms with E-state index in [1.165, 1.54) is 18.6 Å². The summed E-state index contributed by atoms with van der Waals surface area (Å²) < 4.78 is 0. The molecule has 2 rings (SSSR count). The van der Waals surface area contributed by atoms with Crippen LogP contribution in [0.4, 0.5) is 0 Å². The van der Waals surface area contributed by atoms with Crippen molar-refractivity contribution < 1.29 is 4.84 Å². The molecule has 0 amide bonds. The molecular formula is C15H15N5O. The molecule has 6 nitrogen and oxygen atoms in total. The van der Waals surface area contributed by atoms with E-state index in [1.54, 1.807) is 12.3 Å². The van der Waals surface area contributed by atoms with Gasteiger partial charge in [0, 0.05) is 18.5 Å². The van der Waals surface area contributed by atoms with Crippen LogP contribution in [-0.2, 0) is 4.84 Å². The Labute approximate surface area is 122 Å². The molecule has 1 aromatic heterocycles. The van der Waals surface area contributed by atoms with Crippen LogP contribution in [0.15, 0.2) is 65.4 Å². The fourth-order valence-corrected chi connectivity index (χ4v) is 1.89. The summed E-state index contributed by atoms with van der Waals surface area (Å²) in [6.45, 7) is 3.35. The first-order valence-electron chi connectivity index (χ1n) is 6.24. The summed E-state index contributed by atoms with van der Waals surface area (Å²) in [6.07, 6.45) is 12.2. The molecule has 0 unspecified atom stereocenters. The SMILES string of the molecule is C=NO/C(=C1/C=C(C(=N)/C=C\N)C=CC1)c1ccncn1. The minimum absolute atomic E-state index is 0.319. The molecular weight excluding hydrogens is 266 g/mol. The van der Waals surface area contributed by atoms with Gasteiger partial charge in [0.2, 0.25) is 0 Å². The molecule has 1 aromatic rings. The van der Waals surface area contributed by atoms with Gasteiger partial charge in [-0.05, 0) is 36.4 Å². The molecule has 0 aromatic carbocycles. The average molecular weight is 281 g/mol. The van der Waals surface area contributed by atoms with Crippen molar-refractivity contribution >= 4 is 18.2 Å². The van der Waals surface area contributed by atoms with E-state index in [0.717, 1.165) is 11.1 Å². The third kappa shape index (κ3) is 3.50. The normalized spacial score (nSPS) is 16.5. The van der Waals surface area contributed by atoms with E-state index in [-0.39, 0.29) is 0 Å². The van der Waals surface area contributed by atoms with Gasteiger partial charge in [-0.1, -0.05) is 17.3 Å². The molecule has 3 N–H and O–H groups in total. The van der Waals surface area contributed by atoms with E-state index in [0.29, 0.717) is 23.6 Å². The number of hydrogen-bond acceptors (Lipinski definition) is 6. The van der Waals surface area contributed by atoms with Crippen LogP contribution in [0, 0.1) is 5.41 Å². The maximum absolute atomic E-state index is 7.91. The summed E-state index contributed by atoms with van der Waals surface area (Å²) in [5.41, 5.74) is 7.84. The molecule has 0 saturated heterocycles. The standard InChI is InChI=1S/C15H15N5O/c1-18-21-15(14-6-8-19-10-20-14)12-4-2-3-11(9-12)13(17)5-7-16/h2-3,5-10,17H,1,4,16H2/b7-5-,15-12+,17-13?. The van der Waals surface area contributed by atoms with Gasteiger partial charge in [-0.25, -0.2) is 9.97 Å². The smallest absolute Gasteiger partial charge is 0.187 e. The zero-order chi connectivity index (χ0) is 15.1. The fraction of sp³-hybridized carbons (Fsp3) is 0.0667. The Morgan fingerprint density at radius 1 is 1.52 bits per heavy atom. The van der Waals surface area contributed by atoms with Gasteiger partial charge in [0.15, 0.2) is 5.76 Å². The van der Waals surface area contributed by atoms with Crippen molar-refractivity contribution in [3.8, 4) is 0 Å². The number of oxime groups is 1. The van der Waals surface area contributed by atoms with Gasteiger partial charge in [0.05, 0.1) is 5.71 Å². The number of aromatic nitrogens is 2. The lowest BCUT2D eigenvalue weighted by molar-refractivity contribution is 0.298. The molecule has 6 heteroatoms. The van der Waals surface area contributed by atoms with Gasteiger partial charge < -0.3 is 16.0 Å². The summed E-state index contributed by atoms with van der Waals surface area (Å²) in [5.74, 6) is 0.499. The first kappa shape index (κ1) is 14.4. The first-order valence-corrected chi connectivity index (χ1v) is 6.24. The van der Waals surface area contributed by atoms with Crippen LogP contribution in [0.2, 0.25) is 0 Å². The van der Waals surface area contributed by atoms with E-state index in [1.807, 2.05) is 18.2 Å². The number of nitrogens with one attached hydrogen (secondary N) is 1. The molecule has 21 heavy (non-hydrogen) atoms. The van der Waals surface area contributed by atoms with Crippen LogP contribution in [0.3, 0.4) is 0 Å². The summed E-state index contributed by atoms with van der Waals surface area (Å²) in [5, 5.41) is 11.4. The second-order valence-electron chi connectivity index (χ2n) is 4.15. The minimum atomic E-state index is 0.319. The molecule has 106 valence electrons. The van der Waals surface area contributed by atoms with E-state index < -0.39 is 0 Å². The van der Waals surface area contributed by atoms with Crippen molar-refractivity contribution in [2.45, 2.75) is 6.42 Å². The van der Waals surface area contributed by atoms with Gasteiger partial charge in [-0.3, -0.25) is 0 Å². The highest BCUT2D eigenvalue weighted by molar-refractivity contribution is 6.08. The van der Waals surface area contributed by atoms with Crippen LogP contribution in [0.5, 0.6) is 0 Å². The van der Waals surface area contributed by atoms with Gasteiger partial charge in [-0.2, -0.15) is 0 Å². The quantitative estimate of drug-likeness (QED) is 0.491. The lowest BCUT2D eigenvalue weighted by atomic mass is 9.97. The zero-order valence-corrected chi connectivity index (χ0v) is 11.4. The first-order chi connectivity index (χ1) is 10.3. The third-order valence-electron chi connectivity index (χ3n) is 2.80. The largest absolute Gasteiger partial charge is 0.405 e. The summed E-state index contributed by atoms with van der Waals surface area (Å²) in [4.78, 5) is 13.3. The molecule has 0 atom stereocenters. The highest BCUT2D eigenvalue weighted by atomic mass is 16.6. The van der Waals surface area contributed by atoms with Crippen molar-refractivity contribution in [3.05, 3.63) is 65.9 Å². The molecule has 1 aliphatic rings. The highest BCUT2D eigenvalue weighted by Gasteiger charge is 2.14. The van der Waals surface area contributed by atoms with Gasteiger partial charge >= 0.3 is 0 Å². The third-order valence-corrected chi connectivity index (χ3v) is 2.80. The molecule has 0 fully saturated rings. The second kappa shape index (κ2) is 6.95. The Kier molecular flexibility index (Phi) is 4.76. The van der Waals surface area contributed by atoms with Crippen LogP contribution in [0.25, 0.3) is 5.76 Å². The number of nitrogens with two attached hydrogens (primary N) is 1. The van der Waals surface area contributed by atoms with Gasteiger partial charge in [0.1, 0.15) is 12.0 Å². The Bertz CT molecular complexity index is 656. The van der Waals surface area contributed by atoms with E-state index in [9.17, 15) is 0 Å². The predicted molar refractivity (Wildman–Crippen MR) is 82.5 cm³/mol. The van der Waals surface area contributed by atoms with Crippen LogP contribution in [-0.4, -0.2) is 22.4 Å². The monoisotopic (exact) mass is 281 g/mol. The number of allylic oxidation sites excluding steroid dienone is 6. The van der Waals surface area contributed by atoms with Crippen molar-refractivity contribution in [1.29, 1.82) is 5.41 Å². The second-order valence-corrected chi connectivity index (χ2v) is 4.15. The lowest BCUT2D eigenvalue weighted by Crippen LogP contribution is -2.03. The molecule has 1 heterocycles. The summed E-state index contributed by atoms with van der Waals surface area (Å²) in [6, 6.07) is 1.73. The summed E-state index contributed by atoms with van der Waals surface area (Å²) in [7, 11) is 0. The van der Waals surface area contributed by atoms with Gasteiger partial charge in [0.25, 0.3) is 0 Å². The molecule has 0 radical (unpaired) electrons. The van der Waals surface area contributed by atoms with E-state index >= 15 is 0 Å². The predicted octanol–water partition coefficient (Wildman–Crippen LogP) is 2.20. The number of hydrogen-bond donors (Lipinski definition) is 2. The average Bonchev–Trinajstić information content (AvgIpc) is 2.54. The fourth-order valence-electron chi connectivity index (χ4n) is 1.89. The Hall–Kier alpha value is -3.02. The van der Waals surface area contributed by atoms with Crippen LogP contribution >= 0.6 is 0 Å². The molecule has 0 saturated carbocycles. The minimum Gasteiger partial charge on any atom is -0.405 e. The topological polar surface area (TPSA) is 97.2 Å². The molecule has 1 aliphatic carbocycles. The molecule has 0 aliphatic heterocycles. The lowest BCUT2D eigenvalue weighted by Gasteiger charge is -2.13. The van der Waals surface area contributed by atoms with Crippen LogP contribution < -0.4 is 5.73 Å². The van der Waals surface area contributed by atoms with Crippen molar-refractivity contribution in [1.82, 2.24) is 9.97 Å². The molecule has 0 bridgehead atoms. The van der Waals surface area contributed by atoms with Crippen molar-refractivity contribution in [2.24, 2.45) is 10.9 Å². The Morgan fingerprint density at radius 3 is 3.05 bits per heavy atom. The van der Waals surface area contributed by atoms with Crippen molar-refractivity contribution in [3.63, 3.8) is 0 Å². The van der Waals surface area contributed by atoms with Gasteiger partial charge in [-0.15, -0.1) is 0 Å². The number of nitrogens with zero attached hydrogens (tertiary/aromatic N) is 3.